The molecule has 0 bridgehead atoms. The van der Waals surface area contributed by atoms with E-state index < -0.39 is 22.8 Å². The highest BCUT2D eigenvalue weighted by Crippen LogP contribution is 2.40. The highest BCUT2D eigenvalue weighted by molar-refractivity contribution is 5.93. The Morgan fingerprint density at radius 2 is 1.80 bits per heavy atom. The Balaban J connectivity index is 1.58. The minimum Gasteiger partial charge on any atom is -0.494 e. The summed E-state index contributed by atoms with van der Waals surface area (Å²) in [7, 11) is 4.18. The zero-order valence-corrected chi connectivity index (χ0v) is 22.6. The normalized spacial score (nSPS) is 19.7. The molecule has 11 nitrogen and oxygen atoms in total. The lowest BCUT2D eigenvalue weighted by Crippen LogP contribution is -2.61. The molecule has 2 fully saturated rings. The molecule has 2 aliphatic heterocycles. The fraction of sp³-hybridized carbons (Fsp3) is 0.407. The molecule has 0 radical (unpaired) electrons. The van der Waals surface area contributed by atoms with Gasteiger partial charge in [0.05, 0.1) is 62.4 Å². The van der Waals surface area contributed by atoms with Crippen LogP contribution in [0, 0.1) is 11.6 Å². The lowest BCUT2D eigenvalue weighted by atomic mass is 9.96. The van der Waals surface area contributed by atoms with E-state index in [0.717, 1.165) is 6.07 Å². The number of nitrogens with zero attached hydrogens (tertiary/aromatic N) is 4. The van der Waals surface area contributed by atoms with Crippen molar-refractivity contribution in [1.29, 1.82) is 0 Å². The fourth-order valence-corrected chi connectivity index (χ4v) is 4.84. The zero-order chi connectivity index (χ0) is 28.6. The molecular formula is C27H30F2N6O5. The third-order valence-corrected chi connectivity index (χ3v) is 7.13. The topological polar surface area (TPSA) is 120 Å². The molecule has 2 N–H and O–H groups in total. The molecule has 5 rings (SSSR count). The summed E-state index contributed by atoms with van der Waals surface area (Å²) in [5.74, 6) is -1.83. The number of carbonyl (C=O) groups excluding carboxylic acids is 1. The van der Waals surface area contributed by atoms with Gasteiger partial charge in [0.1, 0.15) is 11.6 Å². The Bertz CT molecular complexity index is 1440. The number of hydrogen-bond acceptors (Lipinski definition) is 10. The molecule has 3 aromatic rings. The van der Waals surface area contributed by atoms with Gasteiger partial charge in [-0.2, -0.15) is 0 Å². The van der Waals surface area contributed by atoms with E-state index in [9.17, 15) is 4.79 Å². The first-order valence-electron chi connectivity index (χ1n) is 12.6. The lowest BCUT2D eigenvalue weighted by molar-refractivity contribution is -0.117. The van der Waals surface area contributed by atoms with Crippen molar-refractivity contribution in [3.8, 4) is 22.9 Å². The summed E-state index contributed by atoms with van der Waals surface area (Å²) in [5, 5.41) is 6.76. The first kappa shape index (κ1) is 27.5. The number of ether oxygens (including phenoxy) is 4. The van der Waals surface area contributed by atoms with Crippen molar-refractivity contribution in [3.63, 3.8) is 0 Å². The average molecular weight is 557 g/mol. The Hall–Kier alpha value is -4.10. The number of nitrogens with one attached hydrogen (secondary N) is 2. The van der Waals surface area contributed by atoms with Crippen LogP contribution in [0.4, 0.5) is 20.4 Å². The van der Waals surface area contributed by atoms with E-state index in [4.69, 9.17) is 18.9 Å². The van der Waals surface area contributed by atoms with Gasteiger partial charge in [-0.3, -0.25) is 4.79 Å². The number of pyridine rings is 1. The SMILES string of the molecule is C=CC(=O)N[C@H]1COC[C@H]1Nc1cc2c(N3CC(C)(OC)C3)nc(-c3c(F)c(OC)cc(OC)c3F)nc2cn1. The molecule has 2 atom stereocenters. The van der Waals surface area contributed by atoms with Gasteiger partial charge in [0.2, 0.25) is 5.91 Å². The number of methoxy groups -OCH3 is 3. The highest BCUT2D eigenvalue weighted by atomic mass is 19.1. The summed E-state index contributed by atoms with van der Waals surface area (Å²) in [6.07, 6.45) is 2.71. The van der Waals surface area contributed by atoms with Crippen LogP contribution in [0.2, 0.25) is 0 Å². The Morgan fingerprint density at radius 1 is 1.12 bits per heavy atom. The maximum absolute atomic E-state index is 15.4. The molecule has 4 heterocycles. The summed E-state index contributed by atoms with van der Waals surface area (Å²) in [4.78, 5) is 27.3. The van der Waals surface area contributed by atoms with Gasteiger partial charge in [0.25, 0.3) is 0 Å². The van der Waals surface area contributed by atoms with Crippen molar-refractivity contribution in [1.82, 2.24) is 20.3 Å². The monoisotopic (exact) mass is 556 g/mol. The molecule has 0 unspecified atom stereocenters. The third kappa shape index (κ3) is 4.97. The molecule has 2 aromatic heterocycles. The minimum absolute atomic E-state index is 0.181. The average Bonchev–Trinajstić information content (AvgIpc) is 3.37. The Labute approximate surface area is 229 Å². The third-order valence-electron chi connectivity index (χ3n) is 7.13. The van der Waals surface area contributed by atoms with Crippen LogP contribution in [0.15, 0.2) is 31.0 Å². The van der Waals surface area contributed by atoms with E-state index in [2.05, 4.69) is 32.2 Å². The van der Waals surface area contributed by atoms with Crippen LogP contribution in [-0.2, 0) is 14.3 Å². The fourth-order valence-electron chi connectivity index (χ4n) is 4.84. The van der Waals surface area contributed by atoms with Crippen molar-refractivity contribution in [3.05, 3.63) is 42.6 Å². The molecule has 40 heavy (non-hydrogen) atoms. The van der Waals surface area contributed by atoms with Gasteiger partial charge in [0.15, 0.2) is 29.0 Å². The second-order valence-corrected chi connectivity index (χ2v) is 9.86. The van der Waals surface area contributed by atoms with Crippen LogP contribution in [0.3, 0.4) is 0 Å². The van der Waals surface area contributed by atoms with Crippen molar-refractivity contribution in [2.75, 3.05) is 57.8 Å². The predicted molar refractivity (Wildman–Crippen MR) is 144 cm³/mol. The van der Waals surface area contributed by atoms with Gasteiger partial charge >= 0.3 is 0 Å². The van der Waals surface area contributed by atoms with E-state index in [-0.39, 0.29) is 35.3 Å². The molecular weight excluding hydrogens is 526 g/mol. The standard InChI is InChI=1S/C27H30F2N6O5/c1-6-21(36)32-17-11-40-10-16(17)31-20-7-14-15(9-30-20)33-25(34-26(14)35-12-27(2,13-35)39-5)22-23(28)18(37-3)8-19(38-4)24(22)29/h6-9,16-17H,1,10-13H2,2-5H3,(H,30,31)(H,32,36)/t16-,17+/m1/s1. The van der Waals surface area contributed by atoms with E-state index in [1.807, 2.05) is 11.8 Å². The van der Waals surface area contributed by atoms with Crippen molar-refractivity contribution in [2.24, 2.45) is 0 Å². The molecule has 0 aliphatic carbocycles. The molecule has 1 aromatic carbocycles. The van der Waals surface area contributed by atoms with Gasteiger partial charge in [-0.1, -0.05) is 6.58 Å². The number of fused-ring (bicyclic) bond motifs is 1. The van der Waals surface area contributed by atoms with Crippen molar-refractivity contribution in [2.45, 2.75) is 24.6 Å². The first-order chi connectivity index (χ1) is 19.2. The van der Waals surface area contributed by atoms with Gasteiger partial charge in [0, 0.05) is 31.7 Å². The minimum atomic E-state index is -0.948. The number of benzene rings is 1. The van der Waals surface area contributed by atoms with Crippen LogP contribution in [-0.4, -0.2) is 86.2 Å². The summed E-state index contributed by atoms with van der Waals surface area (Å²) in [6, 6.07) is 2.37. The van der Waals surface area contributed by atoms with Gasteiger partial charge < -0.3 is 34.5 Å². The molecule has 1 amide bonds. The summed E-state index contributed by atoms with van der Waals surface area (Å²) in [5.41, 5.74) is -0.504. The summed E-state index contributed by atoms with van der Waals surface area (Å²) < 4.78 is 52.1. The van der Waals surface area contributed by atoms with Gasteiger partial charge in [-0.25, -0.2) is 23.7 Å². The quantitative estimate of drug-likeness (QED) is 0.381. The molecule has 2 aliphatic rings. The molecule has 0 saturated carbocycles. The zero-order valence-electron chi connectivity index (χ0n) is 22.6. The number of aromatic nitrogens is 3. The van der Waals surface area contributed by atoms with E-state index >= 15 is 8.78 Å². The molecule has 13 heteroatoms. The number of rotatable bonds is 9. The Kier molecular flexibility index (Phi) is 7.43. The second-order valence-electron chi connectivity index (χ2n) is 9.86. The number of amides is 1. The van der Waals surface area contributed by atoms with Crippen molar-refractivity contribution < 1.29 is 32.5 Å². The second kappa shape index (κ2) is 10.8. The number of halogens is 2. The largest absolute Gasteiger partial charge is 0.494 e. The van der Waals surface area contributed by atoms with Crippen LogP contribution in [0.5, 0.6) is 11.5 Å². The number of anilines is 2. The molecule has 212 valence electrons. The lowest BCUT2D eigenvalue weighted by Gasteiger charge is -2.47. The number of hydrogen-bond donors (Lipinski definition) is 2. The summed E-state index contributed by atoms with van der Waals surface area (Å²) >= 11 is 0. The van der Waals surface area contributed by atoms with E-state index in [1.165, 1.54) is 26.5 Å². The Morgan fingerprint density at radius 3 is 2.42 bits per heavy atom. The van der Waals surface area contributed by atoms with Gasteiger partial charge in [-0.05, 0) is 19.1 Å². The van der Waals surface area contributed by atoms with E-state index in [0.29, 0.717) is 48.8 Å². The maximum atomic E-state index is 15.4. The maximum Gasteiger partial charge on any atom is 0.243 e. The van der Waals surface area contributed by atoms with Crippen LogP contribution in [0.1, 0.15) is 6.92 Å². The first-order valence-corrected chi connectivity index (χ1v) is 12.6. The van der Waals surface area contributed by atoms with Crippen LogP contribution in [0.25, 0.3) is 22.3 Å². The van der Waals surface area contributed by atoms with Crippen LogP contribution < -0.4 is 25.0 Å². The smallest absolute Gasteiger partial charge is 0.243 e. The van der Waals surface area contributed by atoms with Crippen LogP contribution >= 0.6 is 0 Å². The summed E-state index contributed by atoms with van der Waals surface area (Å²) in [6.45, 7) is 7.15. The molecule has 2 saturated heterocycles. The molecule has 0 spiro atoms. The van der Waals surface area contributed by atoms with E-state index in [1.54, 1.807) is 13.2 Å². The number of carbonyl (C=O) groups is 1. The van der Waals surface area contributed by atoms with Crippen molar-refractivity contribution >= 4 is 28.4 Å². The highest BCUT2D eigenvalue weighted by Gasteiger charge is 2.41. The van der Waals surface area contributed by atoms with Gasteiger partial charge in [-0.15, -0.1) is 0 Å². The predicted octanol–water partition coefficient (Wildman–Crippen LogP) is 2.69.